The summed E-state index contributed by atoms with van der Waals surface area (Å²) in [6, 6.07) is 63.8. The quantitative estimate of drug-likeness (QED) is 0.163. The fourth-order valence-corrected chi connectivity index (χ4v) is 15.1. The Morgan fingerprint density at radius 2 is 0.780 bits per heavy atom. The van der Waals surface area contributed by atoms with E-state index in [-0.39, 0.29) is 0 Å². The van der Waals surface area contributed by atoms with Crippen LogP contribution in [0.25, 0.3) is 11.1 Å². The van der Waals surface area contributed by atoms with Gasteiger partial charge in [0.05, 0.1) is 13.4 Å². The maximum absolute atomic E-state index is 2.41. The second kappa shape index (κ2) is 11.6. The van der Waals surface area contributed by atoms with E-state index in [4.69, 9.17) is 0 Å². The molecule has 0 radical (unpaired) electrons. The van der Waals surface area contributed by atoms with Crippen molar-refractivity contribution >= 4 is 36.4 Å². The molecule has 0 N–H and O–H groups in total. The van der Waals surface area contributed by atoms with Gasteiger partial charge in [-0.15, -0.1) is 0 Å². The van der Waals surface area contributed by atoms with Crippen molar-refractivity contribution in [2.24, 2.45) is 0 Å². The molecule has 0 saturated carbocycles. The minimum absolute atomic E-state index is 0.322. The number of hydrogen-bond acceptors (Lipinski definition) is 0. The van der Waals surface area contributed by atoms with Crippen LogP contribution in [0.15, 0.2) is 170 Å². The van der Waals surface area contributed by atoms with Gasteiger partial charge in [-0.25, -0.2) is 0 Å². The Labute approximate surface area is 245 Å². The van der Waals surface area contributed by atoms with E-state index in [0.717, 1.165) is 12.3 Å². The molecule has 0 heterocycles. The molecule has 1 aliphatic carbocycles. The zero-order chi connectivity index (χ0) is 27.5. The third-order valence-electron chi connectivity index (χ3n) is 8.49. The van der Waals surface area contributed by atoms with E-state index in [0.29, 0.717) is 5.66 Å². The molecule has 0 amide bonds. The van der Waals surface area contributed by atoms with Crippen LogP contribution in [-0.2, 0) is 0 Å². The van der Waals surface area contributed by atoms with Gasteiger partial charge < -0.3 is 0 Å². The fraction of sp³-hybridized carbons (Fsp3) is 0.0769. The Bertz CT molecular complexity index is 1610. The van der Waals surface area contributed by atoms with E-state index in [1.807, 2.05) is 0 Å². The topological polar surface area (TPSA) is 0 Å². The maximum atomic E-state index is 2.41. The van der Waals surface area contributed by atoms with Crippen molar-refractivity contribution in [1.29, 1.82) is 0 Å². The van der Waals surface area contributed by atoms with Crippen LogP contribution in [0.5, 0.6) is 0 Å². The number of fused-ring (bicyclic) bond motifs is 3. The van der Waals surface area contributed by atoms with E-state index in [2.05, 4.69) is 170 Å². The highest BCUT2D eigenvalue weighted by Gasteiger charge is 2.54. The minimum atomic E-state index is -1.99. The van der Waals surface area contributed by atoms with Crippen molar-refractivity contribution in [3.05, 3.63) is 181 Å². The monoisotopic (exact) mass is 563 g/mol. The first kappa shape index (κ1) is 26.1. The molecule has 0 nitrogen and oxygen atoms in total. The van der Waals surface area contributed by atoms with Crippen molar-refractivity contribution in [1.82, 2.24) is 0 Å². The average molecular weight is 564 g/mol. The molecule has 0 fully saturated rings. The molecule has 1 aliphatic rings. The predicted octanol–water partition coefficient (Wildman–Crippen LogP) is 8.56. The van der Waals surface area contributed by atoms with Crippen LogP contribution >= 0.6 is 15.2 Å². The summed E-state index contributed by atoms with van der Waals surface area (Å²) in [5.74, 6) is 0. The van der Waals surface area contributed by atoms with Gasteiger partial charge in [-0.1, -0.05) is 146 Å². The average Bonchev–Trinajstić information content (AvgIpc) is 3.40. The molecule has 6 aromatic rings. The van der Waals surface area contributed by atoms with Crippen molar-refractivity contribution in [3.63, 3.8) is 0 Å². The molecular formula is C39H33P2+. The van der Waals surface area contributed by atoms with Crippen LogP contribution in [0.3, 0.4) is 0 Å². The molecule has 41 heavy (non-hydrogen) atoms. The first-order chi connectivity index (χ1) is 20.4. The third kappa shape index (κ3) is 4.77. The molecule has 198 valence electrons. The molecule has 0 unspecified atom stereocenters. The van der Waals surface area contributed by atoms with E-state index in [1.54, 1.807) is 0 Å². The van der Waals surface area contributed by atoms with Crippen molar-refractivity contribution in [3.8, 4) is 11.1 Å². The highest BCUT2D eigenvalue weighted by atomic mass is 31.2. The maximum Gasteiger partial charge on any atom is 0.130 e. The van der Waals surface area contributed by atoms with Gasteiger partial charge in [0.25, 0.3) is 0 Å². The first-order valence-electron chi connectivity index (χ1n) is 14.4. The zero-order valence-electron chi connectivity index (χ0n) is 23.1. The van der Waals surface area contributed by atoms with Crippen LogP contribution in [0.1, 0.15) is 16.8 Å². The van der Waals surface area contributed by atoms with Gasteiger partial charge in [0.2, 0.25) is 0 Å². The Morgan fingerprint density at radius 1 is 0.415 bits per heavy atom. The lowest BCUT2D eigenvalue weighted by molar-refractivity contribution is 1.17. The summed E-state index contributed by atoms with van der Waals surface area (Å²) < 4.78 is 0. The first-order valence-corrected chi connectivity index (χ1v) is 18.0. The van der Waals surface area contributed by atoms with Gasteiger partial charge in [-0.05, 0) is 53.9 Å². The lowest BCUT2D eigenvalue weighted by atomic mass is 10.1. The van der Waals surface area contributed by atoms with Gasteiger partial charge in [0.1, 0.15) is 16.3 Å². The molecule has 0 aromatic heterocycles. The van der Waals surface area contributed by atoms with E-state index >= 15 is 0 Å². The minimum Gasteiger partial charge on any atom is -0.0622 e. The van der Waals surface area contributed by atoms with Gasteiger partial charge in [-0.3, -0.25) is 0 Å². The number of hydrogen-bond donors (Lipinski definition) is 0. The Hall–Kier alpha value is -3.82. The highest BCUT2D eigenvalue weighted by molar-refractivity contribution is 7.90. The standard InChI is InChI=1S/C39H33P2/c1-5-17-31(18-6-1)40(32-19-7-2-8-20-32)29-30-41(33-21-9-3-10-22-33,34-23-11-4-12-24-34)39-37-27-15-13-25-35(37)36-26-14-16-28-38(36)39/h1-28,39H,29-30H2/q+1. The summed E-state index contributed by atoms with van der Waals surface area (Å²) in [5, 5.41) is 5.91. The number of benzene rings is 6. The second-order valence-corrected chi connectivity index (χ2v) is 16.7. The molecule has 6 aromatic carbocycles. The van der Waals surface area contributed by atoms with E-state index < -0.39 is 15.2 Å². The van der Waals surface area contributed by atoms with Crippen LogP contribution in [0, 0.1) is 0 Å². The lowest BCUT2D eigenvalue weighted by Gasteiger charge is -2.35. The van der Waals surface area contributed by atoms with Gasteiger partial charge >= 0.3 is 0 Å². The van der Waals surface area contributed by atoms with Gasteiger partial charge in [0.15, 0.2) is 0 Å². The summed E-state index contributed by atoms with van der Waals surface area (Å²) >= 11 is 0. The summed E-state index contributed by atoms with van der Waals surface area (Å²) in [5.41, 5.74) is 6.09. The molecule has 7 rings (SSSR count). The molecule has 2 heteroatoms. The molecule has 0 spiro atoms. The molecule has 0 saturated heterocycles. The normalized spacial score (nSPS) is 12.7. The Kier molecular flexibility index (Phi) is 7.37. The molecule has 0 bridgehead atoms. The van der Waals surface area contributed by atoms with Gasteiger partial charge in [-0.2, -0.15) is 0 Å². The smallest absolute Gasteiger partial charge is 0.0622 e. The zero-order valence-corrected chi connectivity index (χ0v) is 24.8. The Morgan fingerprint density at radius 3 is 1.22 bits per heavy atom. The summed E-state index contributed by atoms with van der Waals surface area (Å²) in [6.45, 7) is 0. The van der Waals surface area contributed by atoms with E-state index in [9.17, 15) is 0 Å². The van der Waals surface area contributed by atoms with Crippen LogP contribution < -0.4 is 21.2 Å². The number of rotatable bonds is 8. The van der Waals surface area contributed by atoms with Crippen molar-refractivity contribution in [2.75, 3.05) is 12.3 Å². The molecule has 0 aliphatic heterocycles. The summed E-state index contributed by atoms with van der Waals surface area (Å²) in [4.78, 5) is 0. The van der Waals surface area contributed by atoms with E-state index in [1.165, 1.54) is 43.5 Å². The van der Waals surface area contributed by atoms with Crippen LogP contribution in [0.2, 0.25) is 0 Å². The third-order valence-corrected chi connectivity index (χ3v) is 16.2. The molecular weight excluding hydrogens is 530 g/mol. The van der Waals surface area contributed by atoms with Crippen LogP contribution in [0.4, 0.5) is 0 Å². The largest absolute Gasteiger partial charge is 0.130 e. The van der Waals surface area contributed by atoms with Gasteiger partial charge in [0, 0.05) is 17.3 Å². The summed E-state index contributed by atoms with van der Waals surface area (Å²) in [6.07, 6.45) is 2.28. The summed E-state index contributed by atoms with van der Waals surface area (Å²) in [7, 11) is -2.51. The predicted molar refractivity (Wildman–Crippen MR) is 182 cm³/mol. The van der Waals surface area contributed by atoms with Crippen molar-refractivity contribution in [2.45, 2.75) is 5.66 Å². The van der Waals surface area contributed by atoms with Crippen molar-refractivity contribution < 1.29 is 0 Å². The van der Waals surface area contributed by atoms with Crippen LogP contribution in [-0.4, -0.2) is 12.3 Å². The lowest BCUT2D eigenvalue weighted by Crippen LogP contribution is -2.31. The SMILES string of the molecule is c1ccc(P(CC[P+](c2ccccc2)(c2ccccc2)C2c3ccccc3-c3ccccc32)c2ccccc2)cc1. The fourth-order valence-electron chi connectivity index (χ4n) is 6.71. The highest BCUT2D eigenvalue weighted by Crippen LogP contribution is 2.74. The molecule has 0 atom stereocenters. The Balaban J connectivity index is 1.46. The second-order valence-electron chi connectivity index (χ2n) is 10.7.